The number of rotatable bonds is 3. The van der Waals surface area contributed by atoms with Crippen LogP contribution in [0.3, 0.4) is 0 Å². The first-order valence-electron chi connectivity index (χ1n) is 8.20. The van der Waals surface area contributed by atoms with Gasteiger partial charge in [0, 0.05) is 18.2 Å². The van der Waals surface area contributed by atoms with Crippen LogP contribution in [0.15, 0.2) is 48.5 Å². The Bertz CT molecular complexity index is 780. The molecule has 6 heteroatoms. The first-order chi connectivity index (χ1) is 11.3. The number of thiazole rings is 1. The molecule has 2 heterocycles. The van der Waals surface area contributed by atoms with Crippen molar-refractivity contribution < 1.29 is 0 Å². The fourth-order valence-electron chi connectivity index (χ4n) is 3.35. The molecule has 1 fully saturated rings. The number of nitrogens with zero attached hydrogens (tertiary/aromatic N) is 2. The molecule has 4 rings (SSSR count). The monoisotopic (exact) mass is 395 g/mol. The molecule has 134 valence electrons. The number of hydrogen-bond donors (Lipinski definition) is 1. The Morgan fingerprint density at radius 3 is 2.52 bits per heavy atom. The third-order valence-electron chi connectivity index (χ3n) is 4.60. The van der Waals surface area contributed by atoms with E-state index in [9.17, 15) is 0 Å². The molecule has 0 radical (unpaired) electrons. The van der Waals surface area contributed by atoms with Gasteiger partial charge in [-0.15, -0.1) is 36.2 Å². The first kappa shape index (κ1) is 20.0. The molecule has 3 nitrogen and oxygen atoms in total. The van der Waals surface area contributed by atoms with E-state index >= 15 is 0 Å². The van der Waals surface area contributed by atoms with E-state index in [-0.39, 0.29) is 24.8 Å². The lowest BCUT2D eigenvalue weighted by molar-refractivity contribution is 0.204. The highest BCUT2D eigenvalue weighted by atomic mass is 35.5. The average molecular weight is 396 g/mol. The number of aromatic nitrogens is 1. The predicted octanol–water partition coefficient (Wildman–Crippen LogP) is 5.10. The second-order valence-corrected chi connectivity index (χ2v) is 7.38. The van der Waals surface area contributed by atoms with Gasteiger partial charge in [-0.25, -0.2) is 4.98 Å². The molecule has 0 bridgehead atoms. The van der Waals surface area contributed by atoms with E-state index in [1.807, 2.05) is 23.5 Å². The van der Waals surface area contributed by atoms with Gasteiger partial charge in [-0.3, -0.25) is 4.90 Å². The van der Waals surface area contributed by atoms with E-state index in [0.717, 1.165) is 30.8 Å². The molecule has 0 saturated carbocycles. The zero-order chi connectivity index (χ0) is 15.6. The second-order valence-electron chi connectivity index (χ2n) is 6.32. The molecular weight excluding hydrogens is 373 g/mol. The highest BCUT2D eigenvalue weighted by Gasteiger charge is 2.23. The number of halogens is 2. The molecule has 1 aromatic heterocycles. The number of fused-ring (bicyclic) bond motifs is 1. The molecule has 0 atom stereocenters. The third kappa shape index (κ3) is 4.64. The number of nitrogens with two attached hydrogens (primary N) is 1. The third-order valence-corrected chi connectivity index (χ3v) is 5.80. The molecule has 0 aliphatic carbocycles. The van der Waals surface area contributed by atoms with Gasteiger partial charge < -0.3 is 5.73 Å². The largest absolute Gasteiger partial charge is 0.399 e. The van der Waals surface area contributed by atoms with Crippen LogP contribution in [0.1, 0.15) is 29.3 Å². The van der Waals surface area contributed by atoms with Gasteiger partial charge in [-0.1, -0.05) is 24.3 Å². The maximum atomic E-state index is 5.87. The Kier molecular flexibility index (Phi) is 7.08. The molecule has 3 aromatic rings. The molecular formula is C19H23Cl2N3S. The number of likely N-dealkylation sites (tertiary alicyclic amines) is 1. The summed E-state index contributed by atoms with van der Waals surface area (Å²) in [6.07, 6.45) is 2.39. The van der Waals surface area contributed by atoms with Gasteiger partial charge in [0.1, 0.15) is 0 Å². The van der Waals surface area contributed by atoms with E-state index in [1.165, 1.54) is 28.1 Å². The van der Waals surface area contributed by atoms with Gasteiger partial charge >= 0.3 is 0 Å². The van der Waals surface area contributed by atoms with Crippen molar-refractivity contribution in [2.45, 2.75) is 25.3 Å². The van der Waals surface area contributed by atoms with Crippen LogP contribution in [0.5, 0.6) is 0 Å². The summed E-state index contributed by atoms with van der Waals surface area (Å²) in [5.74, 6) is 0.615. The summed E-state index contributed by atoms with van der Waals surface area (Å²) in [4.78, 5) is 7.37. The van der Waals surface area contributed by atoms with Crippen LogP contribution in [0, 0.1) is 0 Å². The maximum absolute atomic E-state index is 5.87. The van der Waals surface area contributed by atoms with Crippen LogP contribution in [0.2, 0.25) is 0 Å². The Morgan fingerprint density at radius 1 is 1.04 bits per heavy atom. The van der Waals surface area contributed by atoms with Crippen LogP contribution < -0.4 is 5.73 Å². The summed E-state index contributed by atoms with van der Waals surface area (Å²) in [7, 11) is 0. The van der Waals surface area contributed by atoms with E-state index in [2.05, 4.69) is 41.3 Å². The number of piperidine rings is 1. The fourth-order valence-corrected chi connectivity index (χ4v) is 4.49. The molecule has 0 spiro atoms. The minimum atomic E-state index is 0. The van der Waals surface area contributed by atoms with E-state index < -0.39 is 0 Å². The van der Waals surface area contributed by atoms with Crippen LogP contribution in [-0.4, -0.2) is 23.0 Å². The smallest absolute Gasteiger partial charge is 0.0970 e. The second kappa shape index (κ2) is 8.86. The molecule has 1 aliphatic heterocycles. The zero-order valence-electron chi connectivity index (χ0n) is 13.9. The molecule has 1 aliphatic rings. The van der Waals surface area contributed by atoms with Gasteiger partial charge in [0.05, 0.1) is 15.2 Å². The summed E-state index contributed by atoms with van der Waals surface area (Å²) in [5.41, 5.74) is 9.18. The lowest BCUT2D eigenvalue weighted by Gasteiger charge is -2.31. The van der Waals surface area contributed by atoms with Gasteiger partial charge in [0.2, 0.25) is 0 Å². The predicted molar refractivity (Wildman–Crippen MR) is 112 cm³/mol. The molecule has 2 N–H and O–H groups in total. The minimum absolute atomic E-state index is 0. The Balaban J connectivity index is 0.00000113. The van der Waals surface area contributed by atoms with Crippen LogP contribution in [0.25, 0.3) is 10.2 Å². The standard InChI is InChI=1S/C19H21N3S.2ClH/c20-16-5-3-4-14(12-16)13-22-10-8-15(9-11-22)19-21-17-6-1-2-7-18(17)23-19;;/h1-7,12,15H,8-11,13,20H2;2*1H. The molecule has 25 heavy (non-hydrogen) atoms. The van der Waals surface area contributed by atoms with Gasteiger partial charge in [-0.2, -0.15) is 0 Å². The van der Waals surface area contributed by atoms with Gasteiger partial charge in [0.15, 0.2) is 0 Å². The van der Waals surface area contributed by atoms with E-state index in [4.69, 9.17) is 10.7 Å². The van der Waals surface area contributed by atoms with Gasteiger partial charge in [-0.05, 0) is 55.8 Å². The lowest BCUT2D eigenvalue weighted by Crippen LogP contribution is -2.32. The Morgan fingerprint density at radius 2 is 1.80 bits per heavy atom. The number of para-hydroxylation sites is 1. The van der Waals surface area contributed by atoms with Crippen molar-refractivity contribution in [3.8, 4) is 0 Å². The van der Waals surface area contributed by atoms with Crippen LogP contribution >= 0.6 is 36.2 Å². The van der Waals surface area contributed by atoms with Crippen LogP contribution in [0.4, 0.5) is 5.69 Å². The number of hydrogen-bond acceptors (Lipinski definition) is 4. The highest BCUT2D eigenvalue weighted by molar-refractivity contribution is 7.18. The minimum Gasteiger partial charge on any atom is -0.399 e. The van der Waals surface area contributed by atoms with Crippen molar-refractivity contribution in [2.24, 2.45) is 0 Å². The summed E-state index contributed by atoms with van der Waals surface area (Å²) >= 11 is 1.86. The first-order valence-corrected chi connectivity index (χ1v) is 9.02. The van der Waals surface area contributed by atoms with E-state index in [1.54, 1.807) is 0 Å². The summed E-state index contributed by atoms with van der Waals surface area (Å²) < 4.78 is 1.31. The number of anilines is 1. The topological polar surface area (TPSA) is 42.1 Å². The molecule has 1 saturated heterocycles. The zero-order valence-corrected chi connectivity index (χ0v) is 16.4. The van der Waals surface area contributed by atoms with E-state index in [0.29, 0.717) is 5.92 Å². The number of nitrogen functional groups attached to an aromatic ring is 1. The van der Waals surface area contributed by atoms with Crippen molar-refractivity contribution in [1.82, 2.24) is 9.88 Å². The van der Waals surface area contributed by atoms with Gasteiger partial charge in [0.25, 0.3) is 0 Å². The van der Waals surface area contributed by atoms with Crippen molar-refractivity contribution in [3.05, 3.63) is 59.1 Å². The molecule has 0 unspecified atom stereocenters. The summed E-state index contributed by atoms with van der Waals surface area (Å²) in [5, 5.41) is 1.31. The quantitative estimate of drug-likeness (QED) is 0.626. The number of benzene rings is 2. The molecule has 2 aromatic carbocycles. The average Bonchev–Trinajstić information content (AvgIpc) is 2.99. The molecule has 0 amide bonds. The SMILES string of the molecule is Cl.Cl.Nc1cccc(CN2CCC(c3nc4ccccc4s3)CC2)c1. The van der Waals surface area contributed by atoms with Crippen molar-refractivity contribution in [1.29, 1.82) is 0 Å². The van der Waals surface area contributed by atoms with Crippen molar-refractivity contribution in [2.75, 3.05) is 18.8 Å². The van der Waals surface area contributed by atoms with Crippen LogP contribution in [-0.2, 0) is 6.54 Å². The van der Waals surface area contributed by atoms with Crippen molar-refractivity contribution >= 4 is 52.1 Å². The lowest BCUT2D eigenvalue weighted by atomic mass is 9.97. The van der Waals surface area contributed by atoms with Crippen molar-refractivity contribution in [3.63, 3.8) is 0 Å². The normalized spacial score (nSPS) is 15.5. The summed E-state index contributed by atoms with van der Waals surface area (Å²) in [6, 6.07) is 16.7. The summed E-state index contributed by atoms with van der Waals surface area (Å²) in [6.45, 7) is 3.27. The highest BCUT2D eigenvalue weighted by Crippen LogP contribution is 2.34. The Labute approximate surface area is 165 Å². The fraction of sp³-hybridized carbons (Fsp3) is 0.316. The Hall–Kier alpha value is -1.33. The maximum Gasteiger partial charge on any atom is 0.0970 e.